The number of aromatic nitrogens is 2. The highest BCUT2D eigenvalue weighted by Gasteiger charge is 2.23. The molecule has 0 amide bonds. The van der Waals surface area contributed by atoms with Crippen LogP contribution in [0.15, 0.2) is 27.8 Å². The Morgan fingerprint density at radius 1 is 1.26 bits per heavy atom. The second-order valence-electron chi connectivity index (χ2n) is 7.92. The van der Waals surface area contributed by atoms with Gasteiger partial charge in [0, 0.05) is 26.7 Å². The number of rotatable bonds is 7. The Morgan fingerprint density at radius 3 is 2.58 bits per heavy atom. The van der Waals surface area contributed by atoms with Crippen LogP contribution in [-0.2, 0) is 18.3 Å². The van der Waals surface area contributed by atoms with E-state index in [9.17, 15) is 14.4 Å². The first kappa shape index (κ1) is 22.9. The number of benzene rings is 1. The van der Waals surface area contributed by atoms with E-state index in [0.29, 0.717) is 43.6 Å². The molecule has 0 atom stereocenters. The number of ether oxygens (including phenoxy) is 1. The average Bonchev–Trinajstić information content (AvgIpc) is 2.74. The topological polar surface area (TPSA) is 112 Å². The van der Waals surface area contributed by atoms with Crippen molar-refractivity contribution in [3.05, 3.63) is 49.6 Å². The summed E-state index contributed by atoms with van der Waals surface area (Å²) in [5.41, 5.74) is 6.13. The largest absolute Gasteiger partial charge is 0.384 e. The molecule has 1 aromatic carbocycles. The van der Waals surface area contributed by atoms with E-state index in [4.69, 9.17) is 22.1 Å². The predicted octanol–water partition coefficient (Wildman–Crippen LogP) is 1.57. The minimum atomic E-state index is -0.700. The summed E-state index contributed by atoms with van der Waals surface area (Å²) in [6.45, 7) is 6.53. The van der Waals surface area contributed by atoms with Crippen LogP contribution in [-0.4, -0.2) is 47.8 Å². The van der Waals surface area contributed by atoms with E-state index in [1.54, 1.807) is 12.1 Å². The highest BCUT2D eigenvalue weighted by atomic mass is 35.5. The summed E-state index contributed by atoms with van der Waals surface area (Å²) in [6.07, 6.45) is 0. The molecule has 2 heterocycles. The van der Waals surface area contributed by atoms with Gasteiger partial charge in [-0.1, -0.05) is 31.5 Å². The predicted molar refractivity (Wildman–Crippen MR) is 122 cm³/mol. The smallest absolute Gasteiger partial charge is 0.332 e. The van der Waals surface area contributed by atoms with Gasteiger partial charge in [0.05, 0.1) is 36.2 Å². The third kappa shape index (κ3) is 4.77. The van der Waals surface area contributed by atoms with Crippen molar-refractivity contribution in [1.82, 2.24) is 9.13 Å². The molecule has 0 radical (unpaired) electrons. The number of nitrogens with two attached hydrogens (primary N) is 1. The van der Waals surface area contributed by atoms with Gasteiger partial charge in [0.25, 0.3) is 5.56 Å². The number of ketones is 1. The molecule has 168 valence electrons. The molecule has 1 aromatic heterocycles. The summed E-state index contributed by atoms with van der Waals surface area (Å²) in [5.74, 6) is -0.488. The fourth-order valence-corrected chi connectivity index (χ4v) is 3.91. The Balaban J connectivity index is 1.90. The molecule has 3 rings (SSSR count). The third-order valence-electron chi connectivity index (χ3n) is 5.16. The van der Waals surface area contributed by atoms with Gasteiger partial charge in [0.15, 0.2) is 5.78 Å². The van der Waals surface area contributed by atoms with Crippen molar-refractivity contribution in [2.75, 3.05) is 48.8 Å². The Kier molecular flexibility index (Phi) is 7.07. The fraction of sp³-hybridized carbons (Fsp3) is 0.476. The van der Waals surface area contributed by atoms with E-state index in [1.807, 2.05) is 19.9 Å². The maximum absolute atomic E-state index is 13.0. The minimum absolute atomic E-state index is 0.104. The lowest BCUT2D eigenvalue weighted by atomic mass is 10.1. The Labute approximate surface area is 185 Å². The number of hydrogen-bond donors (Lipinski definition) is 2. The SMILES string of the molecule is CC(C)Cn1c(N)c(C(=O)CNc2cccc(Cl)c2N2CCOCC2)c(=O)n(C)c1=O. The van der Waals surface area contributed by atoms with Gasteiger partial charge in [0.1, 0.15) is 11.4 Å². The van der Waals surface area contributed by atoms with Crippen LogP contribution in [0.3, 0.4) is 0 Å². The lowest BCUT2D eigenvalue weighted by Crippen LogP contribution is -2.43. The Morgan fingerprint density at radius 2 is 1.94 bits per heavy atom. The van der Waals surface area contributed by atoms with E-state index in [2.05, 4.69) is 10.2 Å². The number of carbonyl (C=O) groups is 1. The Hall–Kier alpha value is -2.78. The summed E-state index contributed by atoms with van der Waals surface area (Å²) in [5, 5.41) is 3.65. The molecule has 10 heteroatoms. The molecule has 0 spiro atoms. The zero-order valence-corrected chi connectivity index (χ0v) is 18.7. The lowest BCUT2D eigenvalue weighted by molar-refractivity contribution is 0.100. The molecule has 0 unspecified atom stereocenters. The number of nitrogen functional groups attached to an aromatic ring is 1. The molecule has 1 aliphatic heterocycles. The average molecular weight is 450 g/mol. The highest BCUT2D eigenvalue weighted by Crippen LogP contribution is 2.34. The normalized spacial score (nSPS) is 14.2. The molecule has 3 N–H and O–H groups in total. The number of nitrogens with zero attached hydrogens (tertiary/aromatic N) is 3. The third-order valence-corrected chi connectivity index (χ3v) is 5.47. The number of morpholine rings is 1. The van der Waals surface area contributed by atoms with Crippen LogP contribution in [0.5, 0.6) is 0 Å². The first-order valence-corrected chi connectivity index (χ1v) is 10.6. The van der Waals surface area contributed by atoms with Crippen LogP contribution >= 0.6 is 11.6 Å². The van der Waals surface area contributed by atoms with Gasteiger partial charge >= 0.3 is 5.69 Å². The van der Waals surface area contributed by atoms with Gasteiger partial charge < -0.3 is 20.7 Å². The molecule has 1 aliphatic rings. The van der Waals surface area contributed by atoms with Crippen molar-refractivity contribution in [1.29, 1.82) is 0 Å². The molecule has 9 nitrogen and oxygen atoms in total. The summed E-state index contributed by atoms with van der Waals surface area (Å²) in [6, 6.07) is 5.40. The molecular formula is C21H28ClN5O4. The van der Waals surface area contributed by atoms with Crippen molar-refractivity contribution in [2.24, 2.45) is 13.0 Å². The van der Waals surface area contributed by atoms with Crippen LogP contribution in [0.1, 0.15) is 24.2 Å². The van der Waals surface area contributed by atoms with Crippen LogP contribution in [0.25, 0.3) is 0 Å². The first-order chi connectivity index (χ1) is 14.7. The summed E-state index contributed by atoms with van der Waals surface area (Å²) in [7, 11) is 1.35. The molecule has 2 aromatic rings. The fourth-order valence-electron chi connectivity index (χ4n) is 3.62. The molecule has 1 fully saturated rings. The van der Waals surface area contributed by atoms with Crippen LogP contribution in [0.4, 0.5) is 17.2 Å². The molecule has 31 heavy (non-hydrogen) atoms. The van der Waals surface area contributed by atoms with Crippen molar-refractivity contribution >= 4 is 34.6 Å². The number of para-hydroxylation sites is 1. The monoisotopic (exact) mass is 449 g/mol. The number of Topliss-reactive ketones (excluding diaryl/α,β-unsaturated/α-hetero) is 1. The zero-order valence-electron chi connectivity index (χ0n) is 18.0. The second kappa shape index (κ2) is 9.57. The second-order valence-corrected chi connectivity index (χ2v) is 8.33. The van der Waals surface area contributed by atoms with Gasteiger partial charge in [-0.15, -0.1) is 0 Å². The van der Waals surface area contributed by atoms with E-state index in [0.717, 1.165) is 10.3 Å². The van der Waals surface area contributed by atoms with Gasteiger partial charge in [-0.3, -0.25) is 18.7 Å². The van der Waals surface area contributed by atoms with E-state index >= 15 is 0 Å². The quantitative estimate of drug-likeness (QED) is 0.617. The van der Waals surface area contributed by atoms with Crippen molar-refractivity contribution in [3.8, 4) is 0 Å². The van der Waals surface area contributed by atoms with Crippen LogP contribution in [0.2, 0.25) is 5.02 Å². The summed E-state index contributed by atoms with van der Waals surface area (Å²) >= 11 is 6.43. The van der Waals surface area contributed by atoms with Crippen molar-refractivity contribution < 1.29 is 9.53 Å². The van der Waals surface area contributed by atoms with Crippen LogP contribution in [0, 0.1) is 5.92 Å². The van der Waals surface area contributed by atoms with Crippen molar-refractivity contribution in [3.63, 3.8) is 0 Å². The first-order valence-electron chi connectivity index (χ1n) is 10.2. The number of carbonyl (C=O) groups excluding carboxylic acids is 1. The number of hydrogen-bond acceptors (Lipinski definition) is 7. The number of nitrogens with one attached hydrogen (secondary N) is 1. The van der Waals surface area contributed by atoms with Crippen LogP contribution < -0.4 is 27.2 Å². The highest BCUT2D eigenvalue weighted by molar-refractivity contribution is 6.34. The zero-order chi connectivity index (χ0) is 22.7. The molecular weight excluding hydrogens is 422 g/mol. The minimum Gasteiger partial charge on any atom is -0.384 e. The van der Waals surface area contributed by atoms with E-state index in [-0.39, 0.29) is 23.8 Å². The molecule has 1 saturated heterocycles. The Bertz CT molecular complexity index is 1090. The summed E-state index contributed by atoms with van der Waals surface area (Å²) < 4.78 is 7.60. The van der Waals surface area contributed by atoms with E-state index in [1.165, 1.54) is 11.6 Å². The number of halogens is 1. The maximum atomic E-state index is 13.0. The van der Waals surface area contributed by atoms with Gasteiger partial charge in [-0.25, -0.2) is 4.79 Å². The van der Waals surface area contributed by atoms with Gasteiger partial charge in [-0.2, -0.15) is 0 Å². The lowest BCUT2D eigenvalue weighted by Gasteiger charge is -2.31. The maximum Gasteiger partial charge on any atom is 0.332 e. The summed E-state index contributed by atoms with van der Waals surface area (Å²) in [4.78, 5) is 40.2. The molecule has 0 aliphatic carbocycles. The molecule has 0 saturated carbocycles. The molecule has 0 bridgehead atoms. The van der Waals surface area contributed by atoms with Gasteiger partial charge in [-0.05, 0) is 18.1 Å². The van der Waals surface area contributed by atoms with E-state index < -0.39 is 17.0 Å². The number of anilines is 3. The van der Waals surface area contributed by atoms with Crippen molar-refractivity contribution in [2.45, 2.75) is 20.4 Å². The standard InChI is InChI=1S/C21H28ClN5O4/c1-13(2)12-27-19(23)17(20(29)25(3)21(27)30)16(28)11-24-15-6-4-5-14(22)18(15)26-7-9-31-10-8-26/h4-6,13,24H,7-12,23H2,1-3H3. The van der Waals surface area contributed by atoms with Gasteiger partial charge in [0.2, 0.25) is 0 Å².